The van der Waals surface area contributed by atoms with Gasteiger partial charge >= 0.3 is 0 Å². The topological polar surface area (TPSA) is 33.0 Å². The molecule has 0 heterocycles. The third-order valence-corrected chi connectivity index (χ3v) is 3.76. The van der Waals surface area contributed by atoms with Crippen molar-refractivity contribution in [1.82, 2.24) is 0 Å². The lowest BCUT2D eigenvalue weighted by molar-refractivity contribution is 0.408. The molecule has 80 valence electrons. The SMILES string of the molecule is COc1cc(C)c(Br)c(C)c1C(C)C#N. The number of hydrogen-bond donors (Lipinski definition) is 0. The molecule has 0 aliphatic carbocycles. The molecule has 0 aromatic heterocycles. The minimum absolute atomic E-state index is 0.156. The molecule has 15 heavy (non-hydrogen) atoms. The first-order chi connectivity index (χ1) is 7.02. The van der Waals surface area contributed by atoms with Crippen LogP contribution in [0.15, 0.2) is 10.5 Å². The molecular formula is C12H14BrNO. The molecule has 0 saturated heterocycles. The Morgan fingerprint density at radius 2 is 2.07 bits per heavy atom. The first-order valence-electron chi connectivity index (χ1n) is 4.76. The summed E-state index contributed by atoms with van der Waals surface area (Å²) in [6.45, 7) is 5.90. The normalized spacial score (nSPS) is 12.0. The largest absolute Gasteiger partial charge is 0.496 e. The highest BCUT2D eigenvalue weighted by Gasteiger charge is 2.17. The molecule has 0 radical (unpaired) electrons. The van der Waals surface area contributed by atoms with Crippen molar-refractivity contribution in [2.45, 2.75) is 26.7 Å². The number of rotatable bonds is 2. The minimum Gasteiger partial charge on any atom is -0.496 e. The van der Waals surface area contributed by atoms with Gasteiger partial charge in [-0.3, -0.25) is 0 Å². The van der Waals surface area contributed by atoms with E-state index in [1.807, 2.05) is 26.8 Å². The number of aryl methyl sites for hydroxylation is 1. The number of ether oxygens (including phenoxy) is 1. The molecule has 0 spiro atoms. The highest BCUT2D eigenvalue weighted by molar-refractivity contribution is 9.10. The lowest BCUT2D eigenvalue weighted by atomic mass is 9.95. The number of nitriles is 1. The smallest absolute Gasteiger partial charge is 0.123 e. The van der Waals surface area contributed by atoms with E-state index < -0.39 is 0 Å². The third-order valence-electron chi connectivity index (χ3n) is 2.54. The first kappa shape index (κ1) is 12.1. The minimum atomic E-state index is -0.156. The fraction of sp³-hybridized carbons (Fsp3) is 0.417. The van der Waals surface area contributed by atoms with Gasteiger partial charge in [-0.2, -0.15) is 5.26 Å². The van der Waals surface area contributed by atoms with Crippen molar-refractivity contribution >= 4 is 15.9 Å². The summed E-state index contributed by atoms with van der Waals surface area (Å²) in [7, 11) is 1.63. The van der Waals surface area contributed by atoms with Gasteiger partial charge in [0.05, 0.1) is 19.1 Å². The van der Waals surface area contributed by atoms with Crippen LogP contribution >= 0.6 is 15.9 Å². The molecule has 0 fully saturated rings. The van der Waals surface area contributed by atoms with Crippen LogP contribution in [0.1, 0.15) is 29.5 Å². The van der Waals surface area contributed by atoms with Crippen molar-refractivity contribution in [2.24, 2.45) is 0 Å². The van der Waals surface area contributed by atoms with Crippen molar-refractivity contribution in [3.8, 4) is 11.8 Å². The van der Waals surface area contributed by atoms with Crippen molar-refractivity contribution in [1.29, 1.82) is 5.26 Å². The molecule has 0 saturated carbocycles. The average Bonchev–Trinajstić information content (AvgIpc) is 2.24. The molecule has 2 nitrogen and oxygen atoms in total. The summed E-state index contributed by atoms with van der Waals surface area (Å²) >= 11 is 3.53. The highest BCUT2D eigenvalue weighted by atomic mass is 79.9. The molecule has 0 N–H and O–H groups in total. The molecule has 1 rings (SSSR count). The van der Waals surface area contributed by atoms with Crippen LogP contribution < -0.4 is 4.74 Å². The van der Waals surface area contributed by atoms with Crippen LogP contribution in [-0.2, 0) is 0 Å². The van der Waals surface area contributed by atoms with Gasteiger partial charge in [0, 0.05) is 10.0 Å². The Morgan fingerprint density at radius 1 is 1.47 bits per heavy atom. The van der Waals surface area contributed by atoms with E-state index in [0.29, 0.717) is 0 Å². The third kappa shape index (κ3) is 2.15. The predicted molar refractivity (Wildman–Crippen MR) is 64.2 cm³/mol. The van der Waals surface area contributed by atoms with Gasteiger partial charge in [0.1, 0.15) is 5.75 Å². The highest BCUT2D eigenvalue weighted by Crippen LogP contribution is 2.36. The number of benzene rings is 1. The fourth-order valence-electron chi connectivity index (χ4n) is 1.71. The van der Waals surface area contributed by atoms with Crippen LogP contribution in [0.3, 0.4) is 0 Å². The fourth-order valence-corrected chi connectivity index (χ4v) is 2.04. The number of nitrogens with zero attached hydrogens (tertiary/aromatic N) is 1. The zero-order chi connectivity index (χ0) is 11.6. The Morgan fingerprint density at radius 3 is 2.53 bits per heavy atom. The van der Waals surface area contributed by atoms with Crippen molar-refractivity contribution in [2.75, 3.05) is 7.11 Å². The molecular weight excluding hydrogens is 254 g/mol. The van der Waals surface area contributed by atoms with Crippen LogP contribution in [0.25, 0.3) is 0 Å². The van der Waals surface area contributed by atoms with E-state index in [-0.39, 0.29) is 5.92 Å². The van der Waals surface area contributed by atoms with Crippen LogP contribution in [0.4, 0.5) is 0 Å². The van der Waals surface area contributed by atoms with Gasteiger partial charge < -0.3 is 4.74 Å². The zero-order valence-corrected chi connectivity index (χ0v) is 11.0. The van der Waals surface area contributed by atoms with Crippen molar-refractivity contribution in [3.05, 3.63) is 27.2 Å². The maximum Gasteiger partial charge on any atom is 0.123 e. The Hall–Kier alpha value is -1.01. The van der Waals surface area contributed by atoms with Gasteiger partial charge in [-0.1, -0.05) is 15.9 Å². The van der Waals surface area contributed by atoms with Crippen LogP contribution in [-0.4, -0.2) is 7.11 Å². The second-order valence-corrected chi connectivity index (χ2v) is 4.39. The quantitative estimate of drug-likeness (QED) is 0.819. The van der Waals surface area contributed by atoms with Gasteiger partial charge in [-0.25, -0.2) is 0 Å². The van der Waals surface area contributed by atoms with E-state index >= 15 is 0 Å². The monoisotopic (exact) mass is 267 g/mol. The van der Waals surface area contributed by atoms with Crippen LogP contribution in [0.5, 0.6) is 5.75 Å². The number of hydrogen-bond acceptors (Lipinski definition) is 2. The summed E-state index contributed by atoms with van der Waals surface area (Å²) in [4.78, 5) is 0. The van der Waals surface area contributed by atoms with Gasteiger partial charge in [0.15, 0.2) is 0 Å². The zero-order valence-electron chi connectivity index (χ0n) is 9.39. The summed E-state index contributed by atoms with van der Waals surface area (Å²) in [5.41, 5.74) is 3.18. The Labute approximate surface area is 99.0 Å². The van der Waals surface area contributed by atoms with E-state index in [0.717, 1.165) is 26.9 Å². The maximum atomic E-state index is 8.97. The second kappa shape index (κ2) is 4.67. The molecule has 3 heteroatoms. The van der Waals surface area contributed by atoms with Gasteiger partial charge in [0.25, 0.3) is 0 Å². The van der Waals surface area contributed by atoms with E-state index in [1.165, 1.54) is 0 Å². The molecule has 1 aromatic carbocycles. The number of halogens is 1. The number of methoxy groups -OCH3 is 1. The average molecular weight is 268 g/mol. The molecule has 0 aliphatic heterocycles. The van der Waals surface area contributed by atoms with Crippen LogP contribution in [0, 0.1) is 25.2 Å². The van der Waals surface area contributed by atoms with Gasteiger partial charge in [0.2, 0.25) is 0 Å². The summed E-state index contributed by atoms with van der Waals surface area (Å²) < 4.78 is 6.37. The van der Waals surface area contributed by atoms with Crippen LogP contribution in [0.2, 0.25) is 0 Å². The summed E-state index contributed by atoms with van der Waals surface area (Å²) in [6, 6.07) is 4.20. The van der Waals surface area contributed by atoms with E-state index in [2.05, 4.69) is 22.0 Å². The Kier molecular flexibility index (Phi) is 3.76. The molecule has 0 amide bonds. The summed E-state index contributed by atoms with van der Waals surface area (Å²) in [5, 5.41) is 8.97. The van der Waals surface area contributed by atoms with Crippen molar-refractivity contribution < 1.29 is 4.74 Å². The molecule has 0 aliphatic rings. The molecule has 1 aromatic rings. The molecule has 1 atom stereocenters. The standard InChI is InChI=1S/C12H14BrNO/c1-7-5-10(15-4)11(8(2)6-14)9(3)12(7)13/h5,8H,1-4H3. The molecule has 0 bridgehead atoms. The predicted octanol–water partition coefficient (Wildman–Crippen LogP) is 3.70. The summed E-state index contributed by atoms with van der Waals surface area (Å²) in [6.07, 6.45) is 0. The van der Waals surface area contributed by atoms with Gasteiger partial charge in [-0.05, 0) is 38.0 Å². The maximum absolute atomic E-state index is 8.97. The second-order valence-electron chi connectivity index (χ2n) is 3.60. The molecule has 1 unspecified atom stereocenters. The summed E-state index contributed by atoms with van der Waals surface area (Å²) in [5.74, 6) is 0.638. The van der Waals surface area contributed by atoms with E-state index in [1.54, 1.807) is 7.11 Å². The van der Waals surface area contributed by atoms with E-state index in [9.17, 15) is 0 Å². The lowest BCUT2D eigenvalue weighted by Crippen LogP contribution is -2.01. The van der Waals surface area contributed by atoms with E-state index in [4.69, 9.17) is 10.00 Å². The lowest BCUT2D eigenvalue weighted by Gasteiger charge is -2.16. The Bertz CT molecular complexity index is 421. The Balaban J connectivity index is 3.48. The first-order valence-corrected chi connectivity index (χ1v) is 5.55. The van der Waals surface area contributed by atoms with Gasteiger partial charge in [-0.15, -0.1) is 0 Å². The van der Waals surface area contributed by atoms with Crippen molar-refractivity contribution in [3.63, 3.8) is 0 Å².